The average Bonchev–Trinajstić information content (AvgIpc) is 3.30. The molecule has 1 N–H and O–H groups in total. The lowest BCUT2D eigenvalue weighted by atomic mass is 9.98. The lowest BCUT2D eigenvalue weighted by molar-refractivity contribution is -0.134. The van der Waals surface area contributed by atoms with E-state index in [1.54, 1.807) is 0 Å². The van der Waals surface area contributed by atoms with Crippen LogP contribution >= 0.6 is 15.9 Å². The third kappa shape index (κ3) is 5.98. The van der Waals surface area contributed by atoms with E-state index >= 15 is 0 Å². The van der Waals surface area contributed by atoms with Crippen molar-refractivity contribution in [3.63, 3.8) is 0 Å². The van der Waals surface area contributed by atoms with Gasteiger partial charge in [-0.15, -0.1) is 0 Å². The predicted molar refractivity (Wildman–Crippen MR) is 164 cm³/mol. The van der Waals surface area contributed by atoms with E-state index in [2.05, 4.69) is 57.7 Å². The van der Waals surface area contributed by atoms with Gasteiger partial charge in [-0.2, -0.15) is 0 Å². The van der Waals surface area contributed by atoms with Gasteiger partial charge >= 0.3 is 6.09 Å². The summed E-state index contributed by atoms with van der Waals surface area (Å²) in [5.74, 6) is -0.0357. The van der Waals surface area contributed by atoms with Gasteiger partial charge in [0.25, 0.3) is 0 Å². The van der Waals surface area contributed by atoms with Gasteiger partial charge in [0.1, 0.15) is 6.61 Å². The van der Waals surface area contributed by atoms with Crippen LogP contribution in [0.25, 0.3) is 11.1 Å². The Balaban J connectivity index is 1.16. The zero-order valence-electron chi connectivity index (χ0n) is 22.6. The fourth-order valence-electron chi connectivity index (χ4n) is 5.91. The number of ether oxygens (including phenoxy) is 1. The number of rotatable bonds is 6. The van der Waals surface area contributed by atoms with Crippen LogP contribution in [-0.2, 0) is 16.1 Å². The molecule has 0 aromatic heterocycles. The summed E-state index contributed by atoms with van der Waals surface area (Å²) in [6, 6.07) is 34.0. The Labute approximate surface area is 249 Å². The van der Waals surface area contributed by atoms with E-state index in [1.165, 1.54) is 22.3 Å². The van der Waals surface area contributed by atoms with E-state index in [9.17, 15) is 9.59 Å². The van der Waals surface area contributed by atoms with Gasteiger partial charge in [-0.3, -0.25) is 4.79 Å². The van der Waals surface area contributed by atoms with Crippen LogP contribution in [0.3, 0.4) is 0 Å². The highest BCUT2D eigenvalue weighted by molar-refractivity contribution is 9.10. The minimum Gasteiger partial charge on any atom is -0.449 e. The number of amides is 2. The average molecular weight is 608 g/mol. The molecule has 5 nitrogen and oxygen atoms in total. The summed E-state index contributed by atoms with van der Waals surface area (Å²) >= 11 is 3.57. The summed E-state index contributed by atoms with van der Waals surface area (Å²) in [6.45, 7) is 0.709. The molecule has 4 aromatic rings. The number of alkyl carbamates (subject to hydrolysis) is 1. The summed E-state index contributed by atoms with van der Waals surface area (Å²) in [5.41, 5.74) is 6.79. The van der Waals surface area contributed by atoms with Gasteiger partial charge in [0.05, 0.1) is 6.04 Å². The van der Waals surface area contributed by atoms with E-state index in [0.717, 1.165) is 15.6 Å². The van der Waals surface area contributed by atoms with Gasteiger partial charge in [0.2, 0.25) is 5.91 Å². The zero-order valence-corrected chi connectivity index (χ0v) is 24.2. The van der Waals surface area contributed by atoms with Gasteiger partial charge in [-0.1, -0.05) is 119 Å². The number of hydrogen-bond acceptors (Lipinski definition) is 3. The van der Waals surface area contributed by atoms with Crippen LogP contribution in [0.1, 0.15) is 47.1 Å². The molecule has 2 atom stereocenters. The number of nitrogens with one attached hydrogen (secondary N) is 1. The smallest absolute Gasteiger partial charge is 0.407 e. The molecule has 0 radical (unpaired) electrons. The van der Waals surface area contributed by atoms with Crippen molar-refractivity contribution in [2.24, 2.45) is 0 Å². The zero-order chi connectivity index (χ0) is 28.2. The number of nitrogens with zero attached hydrogens (tertiary/aromatic N) is 1. The Hall–Kier alpha value is -4.16. The van der Waals surface area contributed by atoms with Crippen molar-refractivity contribution in [1.82, 2.24) is 10.2 Å². The molecule has 2 unspecified atom stereocenters. The molecule has 0 saturated heterocycles. The molecule has 0 bridgehead atoms. The third-order valence-electron chi connectivity index (χ3n) is 7.87. The molecule has 2 amide bonds. The van der Waals surface area contributed by atoms with E-state index in [-0.39, 0.29) is 36.9 Å². The fourth-order valence-corrected chi connectivity index (χ4v) is 6.32. The molecule has 4 aromatic carbocycles. The highest BCUT2D eigenvalue weighted by atomic mass is 79.9. The summed E-state index contributed by atoms with van der Waals surface area (Å²) in [4.78, 5) is 28.7. The van der Waals surface area contributed by atoms with Crippen molar-refractivity contribution in [2.75, 3.05) is 6.61 Å². The maximum absolute atomic E-state index is 13.8. The monoisotopic (exact) mass is 606 g/mol. The maximum Gasteiger partial charge on any atom is 0.407 e. The van der Waals surface area contributed by atoms with E-state index in [1.807, 2.05) is 83.8 Å². The first-order valence-electron chi connectivity index (χ1n) is 13.9. The lowest BCUT2D eigenvalue weighted by Gasteiger charge is -2.33. The summed E-state index contributed by atoms with van der Waals surface area (Å²) in [6.07, 6.45) is 4.35. The van der Waals surface area contributed by atoms with Crippen LogP contribution in [-0.4, -0.2) is 29.5 Å². The van der Waals surface area contributed by atoms with Crippen molar-refractivity contribution in [2.45, 2.75) is 37.4 Å². The molecule has 1 aliphatic heterocycles. The van der Waals surface area contributed by atoms with E-state index in [4.69, 9.17) is 4.74 Å². The van der Waals surface area contributed by atoms with Gasteiger partial charge in [0.15, 0.2) is 0 Å². The minimum absolute atomic E-state index is 0.0145. The second kappa shape index (κ2) is 12.1. The highest BCUT2D eigenvalue weighted by Crippen LogP contribution is 2.44. The molecule has 0 fully saturated rings. The Morgan fingerprint density at radius 1 is 0.878 bits per heavy atom. The minimum atomic E-state index is -0.503. The van der Waals surface area contributed by atoms with Crippen LogP contribution in [0, 0.1) is 0 Å². The number of halogens is 1. The Bertz CT molecular complexity index is 1540. The molecule has 0 spiro atoms. The first-order chi connectivity index (χ1) is 20.1. The van der Waals surface area contributed by atoms with E-state index < -0.39 is 6.09 Å². The Morgan fingerprint density at radius 3 is 2.27 bits per heavy atom. The lowest BCUT2D eigenvalue weighted by Crippen LogP contribution is -2.43. The Kier molecular flexibility index (Phi) is 8.01. The third-order valence-corrected chi connectivity index (χ3v) is 8.36. The number of carbonyl (C=O) groups excluding carboxylic acids is 2. The van der Waals surface area contributed by atoms with Gasteiger partial charge in [-0.05, 0) is 51.9 Å². The van der Waals surface area contributed by atoms with Crippen molar-refractivity contribution >= 4 is 27.9 Å². The molecular formula is C35H31BrN2O3. The molecule has 206 valence electrons. The number of hydrogen-bond donors (Lipinski definition) is 1. The molecule has 0 saturated carbocycles. The van der Waals surface area contributed by atoms with Crippen LogP contribution in [0.15, 0.2) is 120 Å². The fraction of sp³-hybridized carbons (Fsp3) is 0.200. The molecule has 6 heteroatoms. The van der Waals surface area contributed by atoms with E-state index in [0.29, 0.717) is 13.0 Å². The van der Waals surface area contributed by atoms with Gasteiger partial charge in [0, 0.05) is 29.4 Å². The quantitative estimate of drug-likeness (QED) is 0.228. The SMILES string of the molecule is O=C(NC1C/C=C\C(c2cccc(Br)c2)N(Cc2ccccc2)C(=O)C1)OCC1c2ccccc2-c2ccccc21. The predicted octanol–water partition coefficient (Wildman–Crippen LogP) is 7.78. The standard InChI is InChI=1S/C35H31BrN2O3/c36-26-13-8-12-25(20-26)33-19-9-14-27(21-34(39)38(33)22-24-10-2-1-3-11-24)37-35(40)41-23-32-30-17-6-4-15-28(30)29-16-5-7-18-31(29)32/h1-13,15-20,27,32-33H,14,21-23H2,(H,37,40)/b19-9-. The van der Waals surface area contributed by atoms with Gasteiger partial charge in [-0.25, -0.2) is 4.79 Å². The van der Waals surface area contributed by atoms with Crippen LogP contribution in [0.4, 0.5) is 4.79 Å². The molecular weight excluding hydrogens is 576 g/mol. The van der Waals surface area contributed by atoms with Crippen molar-refractivity contribution < 1.29 is 14.3 Å². The maximum atomic E-state index is 13.8. The summed E-state index contributed by atoms with van der Waals surface area (Å²) in [5, 5.41) is 2.97. The number of benzene rings is 4. The molecule has 1 aliphatic carbocycles. The van der Waals surface area contributed by atoms with Crippen LogP contribution < -0.4 is 5.32 Å². The molecule has 2 aliphatic rings. The second-order valence-electron chi connectivity index (χ2n) is 10.5. The summed E-state index contributed by atoms with van der Waals surface area (Å²) < 4.78 is 6.74. The van der Waals surface area contributed by atoms with Crippen molar-refractivity contribution in [3.8, 4) is 11.1 Å². The first-order valence-corrected chi connectivity index (χ1v) is 14.7. The molecule has 1 heterocycles. The number of fused-ring (bicyclic) bond motifs is 3. The molecule has 41 heavy (non-hydrogen) atoms. The normalized spacial score (nSPS) is 19.0. The first kappa shape index (κ1) is 27.0. The molecule has 6 rings (SSSR count). The van der Waals surface area contributed by atoms with Crippen LogP contribution in [0.2, 0.25) is 0 Å². The largest absolute Gasteiger partial charge is 0.449 e. The summed E-state index contributed by atoms with van der Waals surface area (Å²) in [7, 11) is 0. The van der Waals surface area contributed by atoms with Crippen molar-refractivity contribution in [3.05, 3.63) is 142 Å². The number of carbonyl (C=O) groups is 2. The van der Waals surface area contributed by atoms with Gasteiger partial charge < -0.3 is 15.0 Å². The Morgan fingerprint density at radius 2 is 1.56 bits per heavy atom. The topological polar surface area (TPSA) is 58.6 Å². The highest BCUT2D eigenvalue weighted by Gasteiger charge is 2.31. The van der Waals surface area contributed by atoms with Crippen LogP contribution in [0.5, 0.6) is 0 Å². The van der Waals surface area contributed by atoms with Crippen molar-refractivity contribution in [1.29, 1.82) is 0 Å². The second-order valence-corrected chi connectivity index (χ2v) is 11.5.